The molecule has 0 aliphatic rings. The zero-order valence-electron chi connectivity index (χ0n) is 8.84. The van der Waals surface area contributed by atoms with E-state index in [4.69, 9.17) is 5.73 Å². The lowest BCUT2D eigenvalue weighted by Gasteiger charge is -2.25. The Morgan fingerprint density at radius 3 is 2.69 bits per heavy atom. The summed E-state index contributed by atoms with van der Waals surface area (Å²) >= 11 is 3.13. The van der Waals surface area contributed by atoms with Crippen LogP contribution in [0.3, 0.4) is 0 Å². The molecule has 0 heterocycles. The molecule has 1 unspecified atom stereocenters. The van der Waals surface area contributed by atoms with E-state index in [1.54, 1.807) is 6.07 Å². The molecule has 1 rings (SSSR count). The zero-order valence-corrected chi connectivity index (χ0v) is 10.4. The van der Waals surface area contributed by atoms with Crippen molar-refractivity contribution in [3.63, 3.8) is 0 Å². The number of hydrogen-bond donors (Lipinski definition) is 2. The molecule has 16 heavy (non-hydrogen) atoms. The number of carboxylic acid groups (broad SMARTS) is 1. The van der Waals surface area contributed by atoms with E-state index in [2.05, 4.69) is 15.9 Å². The number of halogens is 2. The fourth-order valence-electron chi connectivity index (χ4n) is 1.58. The number of carboxylic acids is 1. The largest absolute Gasteiger partial charge is 0.481 e. The second-order valence-electron chi connectivity index (χ2n) is 3.80. The average molecular weight is 290 g/mol. The molecular weight excluding hydrogens is 277 g/mol. The van der Waals surface area contributed by atoms with Crippen LogP contribution in [0.25, 0.3) is 0 Å². The molecule has 3 N–H and O–H groups in total. The number of nitrogens with two attached hydrogens (primary N) is 1. The maximum Gasteiger partial charge on any atom is 0.313 e. The summed E-state index contributed by atoms with van der Waals surface area (Å²) in [5.41, 5.74) is 4.26. The topological polar surface area (TPSA) is 63.3 Å². The van der Waals surface area contributed by atoms with Crippen molar-refractivity contribution in [3.8, 4) is 0 Å². The minimum absolute atomic E-state index is 0.161. The minimum Gasteiger partial charge on any atom is -0.481 e. The van der Waals surface area contributed by atoms with Gasteiger partial charge in [-0.2, -0.15) is 0 Å². The van der Waals surface area contributed by atoms with Crippen molar-refractivity contribution in [3.05, 3.63) is 34.1 Å². The summed E-state index contributed by atoms with van der Waals surface area (Å²) in [4.78, 5) is 11.2. The molecule has 0 amide bonds. The number of benzene rings is 1. The predicted octanol–water partition coefficient (Wildman–Crippen LogP) is 2.28. The summed E-state index contributed by atoms with van der Waals surface area (Å²) in [7, 11) is 0. The van der Waals surface area contributed by atoms with Gasteiger partial charge >= 0.3 is 5.97 Å². The Morgan fingerprint density at radius 2 is 2.25 bits per heavy atom. The number of hydrogen-bond acceptors (Lipinski definition) is 2. The first-order valence-electron chi connectivity index (χ1n) is 4.81. The molecule has 1 aromatic rings. The molecule has 0 spiro atoms. The van der Waals surface area contributed by atoms with E-state index in [9.17, 15) is 14.3 Å². The van der Waals surface area contributed by atoms with Crippen molar-refractivity contribution < 1.29 is 14.3 Å². The Kier molecular flexibility index (Phi) is 4.04. The zero-order chi connectivity index (χ0) is 12.3. The van der Waals surface area contributed by atoms with Crippen LogP contribution in [-0.2, 0) is 10.2 Å². The van der Waals surface area contributed by atoms with Gasteiger partial charge in [0.15, 0.2) is 0 Å². The van der Waals surface area contributed by atoms with Crippen LogP contribution in [0.15, 0.2) is 22.7 Å². The third kappa shape index (κ3) is 2.41. The summed E-state index contributed by atoms with van der Waals surface area (Å²) in [5.74, 6) is -1.60. The molecule has 0 radical (unpaired) electrons. The Hall–Kier alpha value is -0.940. The Balaban J connectivity index is 3.26. The standard InChI is InChI=1S/C11H13BrFNO2/c1-11(4-5-14,10(15)16)8-3-2-7(12)6-9(8)13/h2-3,6H,4-5,14H2,1H3,(H,15,16). The highest BCUT2D eigenvalue weighted by molar-refractivity contribution is 9.10. The van der Waals surface area contributed by atoms with Crippen LogP contribution in [0.1, 0.15) is 18.9 Å². The van der Waals surface area contributed by atoms with Gasteiger partial charge in [-0.15, -0.1) is 0 Å². The van der Waals surface area contributed by atoms with Crippen LogP contribution in [0.2, 0.25) is 0 Å². The van der Waals surface area contributed by atoms with E-state index >= 15 is 0 Å². The maximum absolute atomic E-state index is 13.7. The molecule has 0 aliphatic carbocycles. The molecule has 3 nitrogen and oxygen atoms in total. The Morgan fingerprint density at radius 1 is 1.62 bits per heavy atom. The first-order chi connectivity index (χ1) is 7.41. The average Bonchev–Trinajstić information content (AvgIpc) is 2.17. The van der Waals surface area contributed by atoms with Crippen LogP contribution in [-0.4, -0.2) is 17.6 Å². The smallest absolute Gasteiger partial charge is 0.313 e. The van der Waals surface area contributed by atoms with Gasteiger partial charge in [-0.05, 0) is 32.0 Å². The molecule has 1 aromatic carbocycles. The summed E-state index contributed by atoms with van der Waals surface area (Å²) in [6.07, 6.45) is 0.195. The SMILES string of the molecule is CC(CCN)(C(=O)O)c1ccc(Br)cc1F. The van der Waals surface area contributed by atoms with Crippen molar-refractivity contribution in [2.24, 2.45) is 5.73 Å². The maximum atomic E-state index is 13.7. The normalized spacial score (nSPS) is 14.5. The number of aliphatic carboxylic acids is 1. The molecule has 0 saturated heterocycles. The quantitative estimate of drug-likeness (QED) is 0.894. The van der Waals surface area contributed by atoms with Gasteiger partial charge in [0.1, 0.15) is 5.82 Å². The van der Waals surface area contributed by atoms with Crippen LogP contribution in [0, 0.1) is 5.82 Å². The highest BCUT2D eigenvalue weighted by Crippen LogP contribution is 2.31. The highest BCUT2D eigenvalue weighted by Gasteiger charge is 2.36. The molecule has 5 heteroatoms. The van der Waals surface area contributed by atoms with Gasteiger partial charge in [-0.1, -0.05) is 22.0 Å². The van der Waals surface area contributed by atoms with Crippen molar-refractivity contribution in [2.75, 3.05) is 6.54 Å². The van der Waals surface area contributed by atoms with Crippen LogP contribution >= 0.6 is 15.9 Å². The molecule has 0 bridgehead atoms. The predicted molar refractivity (Wildman–Crippen MR) is 62.8 cm³/mol. The van der Waals surface area contributed by atoms with Gasteiger partial charge in [0.05, 0.1) is 5.41 Å². The van der Waals surface area contributed by atoms with Gasteiger partial charge < -0.3 is 10.8 Å². The summed E-state index contributed by atoms with van der Waals surface area (Å²) in [6, 6.07) is 4.35. The molecule has 0 fully saturated rings. The monoisotopic (exact) mass is 289 g/mol. The summed E-state index contributed by atoms with van der Waals surface area (Å²) in [6.45, 7) is 1.67. The lowest BCUT2D eigenvalue weighted by Crippen LogP contribution is -2.35. The van der Waals surface area contributed by atoms with Crippen molar-refractivity contribution >= 4 is 21.9 Å². The summed E-state index contributed by atoms with van der Waals surface area (Å²) < 4.78 is 14.3. The van der Waals surface area contributed by atoms with Gasteiger partial charge in [-0.3, -0.25) is 4.79 Å². The van der Waals surface area contributed by atoms with E-state index in [0.717, 1.165) is 0 Å². The van der Waals surface area contributed by atoms with E-state index in [0.29, 0.717) is 4.47 Å². The molecule has 88 valence electrons. The van der Waals surface area contributed by atoms with Crippen LogP contribution in [0.4, 0.5) is 4.39 Å². The second kappa shape index (κ2) is 4.93. The lowest BCUT2D eigenvalue weighted by molar-refractivity contribution is -0.143. The first kappa shape index (κ1) is 13.1. The minimum atomic E-state index is -1.28. The van der Waals surface area contributed by atoms with E-state index < -0.39 is 17.2 Å². The van der Waals surface area contributed by atoms with Crippen molar-refractivity contribution in [1.29, 1.82) is 0 Å². The van der Waals surface area contributed by atoms with E-state index in [-0.39, 0.29) is 18.5 Å². The van der Waals surface area contributed by atoms with Crippen molar-refractivity contribution in [1.82, 2.24) is 0 Å². The number of carbonyl (C=O) groups is 1. The Labute approximate surface area is 102 Å². The third-order valence-corrected chi connectivity index (χ3v) is 3.14. The van der Waals surface area contributed by atoms with Crippen LogP contribution < -0.4 is 5.73 Å². The first-order valence-corrected chi connectivity index (χ1v) is 5.60. The van der Waals surface area contributed by atoms with Gasteiger partial charge in [-0.25, -0.2) is 4.39 Å². The molecule has 0 saturated carbocycles. The molecule has 1 atom stereocenters. The number of rotatable bonds is 4. The van der Waals surface area contributed by atoms with Gasteiger partial charge in [0, 0.05) is 10.0 Å². The third-order valence-electron chi connectivity index (χ3n) is 2.64. The van der Waals surface area contributed by atoms with Gasteiger partial charge in [0.2, 0.25) is 0 Å². The van der Waals surface area contributed by atoms with E-state index in [1.807, 2.05) is 0 Å². The van der Waals surface area contributed by atoms with Crippen LogP contribution in [0.5, 0.6) is 0 Å². The van der Waals surface area contributed by atoms with E-state index in [1.165, 1.54) is 19.1 Å². The molecule has 0 aliphatic heterocycles. The highest BCUT2D eigenvalue weighted by atomic mass is 79.9. The second-order valence-corrected chi connectivity index (χ2v) is 4.72. The lowest BCUT2D eigenvalue weighted by atomic mass is 9.79. The summed E-state index contributed by atoms with van der Waals surface area (Å²) in [5, 5.41) is 9.18. The molecule has 0 aromatic heterocycles. The Bertz CT molecular complexity index is 411. The van der Waals surface area contributed by atoms with Crippen molar-refractivity contribution in [2.45, 2.75) is 18.8 Å². The molecular formula is C11H13BrFNO2. The fourth-order valence-corrected chi connectivity index (χ4v) is 1.92. The fraction of sp³-hybridized carbons (Fsp3) is 0.364. The van der Waals surface area contributed by atoms with Gasteiger partial charge in [0.25, 0.3) is 0 Å².